The van der Waals surface area contributed by atoms with Gasteiger partial charge in [0, 0.05) is 49.6 Å². The van der Waals surface area contributed by atoms with Crippen LogP contribution in [0, 0.1) is 0 Å². The van der Waals surface area contributed by atoms with Gasteiger partial charge in [-0.05, 0) is 49.9 Å². The Labute approximate surface area is 159 Å². The monoisotopic (exact) mass is 370 g/mol. The van der Waals surface area contributed by atoms with Crippen LogP contribution >= 0.6 is 11.6 Å². The molecule has 1 amide bonds. The zero-order valence-corrected chi connectivity index (χ0v) is 15.5. The van der Waals surface area contributed by atoms with Crippen molar-refractivity contribution in [2.24, 2.45) is 0 Å². The van der Waals surface area contributed by atoms with Gasteiger partial charge in [0.1, 0.15) is 6.33 Å². The fourth-order valence-electron chi connectivity index (χ4n) is 3.98. The maximum Gasteiger partial charge on any atom is 0.253 e. The molecule has 0 radical (unpaired) electrons. The molecule has 0 N–H and O–H groups in total. The first kappa shape index (κ1) is 17.3. The lowest BCUT2D eigenvalue weighted by Crippen LogP contribution is -2.39. The van der Waals surface area contributed by atoms with E-state index < -0.39 is 0 Å². The van der Waals surface area contributed by atoms with Gasteiger partial charge in [0.05, 0.1) is 10.7 Å². The molecule has 2 saturated heterocycles. The molecule has 0 saturated carbocycles. The third kappa shape index (κ3) is 3.54. The van der Waals surface area contributed by atoms with E-state index >= 15 is 0 Å². The predicted molar refractivity (Wildman–Crippen MR) is 103 cm³/mol. The average molecular weight is 371 g/mol. The van der Waals surface area contributed by atoms with Gasteiger partial charge in [-0.15, -0.1) is 0 Å². The number of rotatable bonds is 3. The minimum atomic E-state index is 0.0543. The van der Waals surface area contributed by atoms with Crippen molar-refractivity contribution in [1.29, 1.82) is 0 Å². The maximum atomic E-state index is 13.0. The Hall–Kier alpha value is -2.14. The van der Waals surface area contributed by atoms with E-state index in [9.17, 15) is 4.79 Å². The van der Waals surface area contributed by atoms with Gasteiger partial charge in [0.25, 0.3) is 5.91 Å². The van der Waals surface area contributed by atoms with E-state index in [-0.39, 0.29) is 11.8 Å². The van der Waals surface area contributed by atoms with E-state index in [1.54, 1.807) is 12.5 Å². The number of halogens is 1. The number of likely N-dealkylation sites (tertiary alicyclic amines) is 1. The van der Waals surface area contributed by atoms with Gasteiger partial charge in [-0.25, -0.2) is 9.97 Å². The van der Waals surface area contributed by atoms with Crippen molar-refractivity contribution in [3.05, 3.63) is 53.1 Å². The minimum Gasteiger partial charge on any atom is -0.370 e. The van der Waals surface area contributed by atoms with E-state index in [1.165, 1.54) is 12.8 Å². The molecule has 2 aliphatic heterocycles. The van der Waals surface area contributed by atoms with Crippen molar-refractivity contribution in [2.45, 2.75) is 31.6 Å². The van der Waals surface area contributed by atoms with E-state index in [4.69, 9.17) is 11.6 Å². The highest BCUT2D eigenvalue weighted by Gasteiger charge is 2.27. The molecule has 3 heterocycles. The number of carbonyl (C=O) groups is 1. The first-order valence-electron chi connectivity index (χ1n) is 9.32. The van der Waals surface area contributed by atoms with Crippen LogP contribution in [0.2, 0.25) is 5.02 Å². The average Bonchev–Trinajstić information content (AvgIpc) is 3.22. The van der Waals surface area contributed by atoms with Crippen LogP contribution < -0.4 is 4.90 Å². The Morgan fingerprint density at radius 1 is 1.12 bits per heavy atom. The summed E-state index contributed by atoms with van der Waals surface area (Å²) in [6, 6.07) is 7.68. The summed E-state index contributed by atoms with van der Waals surface area (Å²) >= 11 is 6.49. The van der Waals surface area contributed by atoms with Gasteiger partial charge in [-0.1, -0.05) is 11.6 Å². The minimum absolute atomic E-state index is 0.0543. The lowest BCUT2D eigenvalue weighted by Gasteiger charge is -2.32. The zero-order chi connectivity index (χ0) is 17.9. The third-order valence-electron chi connectivity index (χ3n) is 5.37. The number of aromatic nitrogens is 2. The molecule has 2 aromatic rings. The van der Waals surface area contributed by atoms with Crippen molar-refractivity contribution in [1.82, 2.24) is 14.9 Å². The Morgan fingerprint density at radius 2 is 1.96 bits per heavy atom. The van der Waals surface area contributed by atoms with Crippen LogP contribution in [0.4, 0.5) is 5.69 Å². The van der Waals surface area contributed by atoms with Crippen LogP contribution in [0.3, 0.4) is 0 Å². The van der Waals surface area contributed by atoms with Crippen molar-refractivity contribution in [3.63, 3.8) is 0 Å². The Bertz CT molecular complexity index is 777. The molecule has 1 aromatic carbocycles. The lowest BCUT2D eigenvalue weighted by atomic mass is 9.94. The van der Waals surface area contributed by atoms with Crippen LogP contribution in [-0.2, 0) is 0 Å². The van der Waals surface area contributed by atoms with Crippen LogP contribution in [0.25, 0.3) is 0 Å². The molecule has 26 heavy (non-hydrogen) atoms. The van der Waals surface area contributed by atoms with Crippen molar-refractivity contribution in [2.75, 3.05) is 31.1 Å². The molecule has 0 spiro atoms. The van der Waals surface area contributed by atoms with Crippen LogP contribution in [-0.4, -0.2) is 47.0 Å². The molecule has 2 fully saturated rings. The second-order valence-electron chi connectivity index (χ2n) is 7.08. The highest BCUT2D eigenvalue weighted by Crippen LogP contribution is 2.31. The van der Waals surface area contributed by atoms with Crippen LogP contribution in [0.1, 0.15) is 47.7 Å². The number of nitrogens with zero attached hydrogens (tertiary/aromatic N) is 4. The van der Waals surface area contributed by atoms with E-state index in [2.05, 4.69) is 14.9 Å². The molecule has 0 aliphatic carbocycles. The van der Waals surface area contributed by atoms with Gasteiger partial charge in [0.2, 0.25) is 0 Å². The van der Waals surface area contributed by atoms with Crippen molar-refractivity contribution in [3.8, 4) is 0 Å². The van der Waals surface area contributed by atoms with Gasteiger partial charge in [0.15, 0.2) is 0 Å². The quantitative estimate of drug-likeness (QED) is 0.825. The smallest absolute Gasteiger partial charge is 0.253 e. The summed E-state index contributed by atoms with van der Waals surface area (Å²) in [5.74, 6) is 0.327. The highest BCUT2D eigenvalue weighted by molar-refractivity contribution is 6.33. The Kier molecular flexibility index (Phi) is 5.07. The summed E-state index contributed by atoms with van der Waals surface area (Å²) in [5.41, 5.74) is 2.72. The SMILES string of the molecule is O=C(c1ccc(N2CCCC2)c(Cl)c1)N1CCCC(c2ccncn2)C1. The van der Waals surface area contributed by atoms with Gasteiger partial charge >= 0.3 is 0 Å². The standard InChI is InChI=1S/C20H23ClN4O/c21-17-12-15(5-6-19(17)24-9-1-2-10-24)20(26)25-11-3-4-16(13-25)18-7-8-22-14-23-18/h5-8,12,14,16H,1-4,9-11,13H2. The summed E-state index contributed by atoms with van der Waals surface area (Å²) in [5, 5.41) is 0.669. The largest absolute Gasteiger partial charge is 0.370 e. The number of benzene rings is 1. The van der Waals surface area contributed by atoms with Gasteiger partial charge in [-0.3, -0.25) is 4.79 Å². The second-order valence-corrected chi connectivity index (χ2v) is 7.49. The number of anilines is 1. The first-order chi connectivity index (χ1) is 12.7. The van der Waals surface area contributed by atoms with Gasteiger partial charge in [-0.2, -0.15) is 0 Å². The summed E-state index contributed by atoms with van der Waals surface area (Å²) < 4.78 is 0. The Morgan fingerprint density at radius 3 is 2.69 bits per heavy atom. The lowest BCUT2D eigenvalue weighted by molar-refractivity contribution is 0.0706. The van der Waals surface area contributed by atoms with Gasteiger partial charge < -0.3 is 9.80 Å². The van der Waals surface area contributed by atoms with Crippen LogP contribution in [0.5, 0.6) is 0 Å². The first-order valence-corrected chi connectivity index (χ1v) is 9.70. The summed E-state index contributed by atoms with van der Waals surface area (Å²) in [7, 11) is 0. The predicted octanol–water partition coefficient (Wildman–Crippen LogP) is 3.75. The maximum absolute atomic E-state index is 13.0. The zero-order valence-electron chi connectivity index (χ0n) is 14.8. The number of amides is 1. The van der Waals surface area contributed by atoms with E-state index in [1.807, 2.05) is 29.2 Å². The summed E-state index contributed by atoms with van der Waals surface area (Å²) in [4.78, 5) is 25.5. The molecule has 1 aromatic heterocycles. The number of hydrogen-bond acceptors (Lipinski definition) is 4. The van der Waals surface area contributed by atoms with Crippen molar-refractivity contribution < 1.29 is 4.79 Å². The molecular weight excluding hydrogens is 348 g/mol. The molecular formula is C20H23ClN4O. The van der Waals surface area contributed by atoms with E-state index in [0.29, 0.717) is 17.1 Å². The fraction of sp³-hybridized carbons (Fsp3) is 0.450. The number of piperidine rings is 1. The molecule has 5 nitrogen and oxygen atoms in total. The van der Waals surface area contributed by atoms with Crippen molar-refractivity contribution >= 4 is 23.2 Å². The van der Waals surface area contributed by atoms with E-state index in [0.717, 1.165) is 43.9 Å². The number of hydrogen-bond donors (Lipinski definition) is 0. The fourth-order valence-corrected chi connectivity index (χ4v) is 4.28. The molecule has 2 aliphatic rings. The Balaban J connectivity index is 1.49. The number of carbonyl (C=O) groups excluding carboxylic acids is 1. The molecule has 1 atom stereocenters. The molecule has 0 bridgehead atoms. The summed E-state index contributed by atoms with van der Waals surface area (Å²) in [6.07, 6.45) is 7.78. The molecule has 136 valence electrons. The topological polar surface area (TPSA) is 49.3 Å². The molecule has 6 heteroatoms. The highest BCUT2D eigenvalue weighted by atomic mass is 35.5. The normalized spacial score (nSPS) is 20.4. The molecule has 4 rings (SSSR count). The van der Waals surface area contributed by atoms with Crippen LogP contribution in [0.15, 0.2) is 36.8 Å². The second kappa shape index (κ2) is 7.62. The summed E-state index contributed by atoms with van der Waals surface area (Å²) in [6.45, 7) is 3.56. The molecule has 1 unspecified atom stereocenters. The third-order valence-corrected chi connectivity index (χ3v) is 5.68.